The zero-order valence-electron chi connectivity index (χ0n) is 11.9. The molecule has 5 heteroatoms. The molecule has 0 spiro atoms. The van der Waals surface area contributed by atoms with Crippen LogP contribution in [0, 0.1) is 13.8 Å². The van der Waals surface area contributed by atoms with E-state index in [1.807, 2.05) is 12.1 Å². The Bertz CT molecular complexity index is 731. The number of aromatic nitrogens is 2. The molecule has 3 rings (SSSR count). The lowest BCUT2D eigenvalue weighted by atomic mass is 10.2. The number of nitrogens with zero attached hydrogens (tertiary/aromatic N) is 2. The van der Waals surface area contributed by atoms with Gasteiger partial charge >= 0.3 is 0 Å². The molecule has 0 aliphatic carbocycles. The fraction of sp³-hybridized carbons (Fsp3) is 0.333. The number of fused-ring (bicyclic) bond motifs is 1. The highest BCUT2D eigenvalue weighted by atomic mass is 32.1. The van der Waals surface area contributed by atoms with Crippen LogP contribution in [0.25, 0.3) is 21.8 Å². The molecule has 0 saturated heterocycles. The van der Waals surface area contributed by atoms with Crippen LogP contribution in [0.1, 0.15) is 23.8 Å². The maximum atomic E-state index is 5.42. The van der Waals surface area contributed by atoms with Gasteiger partial charge in [-0.2, -0.15) is 0 Å². The van der Waals surface area contributed by atoms with Gasteiger partial charge in [0.05, 0.1) is 11.6 Å². The maximum Gasteiger partial charge on any atom is 0.199 e. The van der Waals surface area contributed by atoms with Crippen molar-refractivity contribution in [2.75, 3.05) is 11.9 Å². The third-order valence-electron chi connectivity index (χ3n) is 3.31. The Balaban J connectivity index is 2.20. The normalized spacial score (nSPS) is 11.2. The molecule has 20 heavy (non-hydrogen) atoms. The Kier molecular flexibility index (Phi) is 3.44. The summed E-state index contributed by atoms with van der Waals surface area (Å²) in [6.45, 7) is 7.29. The van der Waals surface area contributed by atoms with Gasteiger partial charge in [-0.3, -0.25) is 0 Å². The molecule has 104 valence electrons. The topological polar surface area (TPSA) is 51.0 Å². The van der Waals surface area contributed by atoms with E-state index >= 15 is 0 Å². The summed E-state index contributed by atoms with van der Waals surface area (Å²) in [6.07, 6.45) is 2.71. The third-order valence-corrected chi connectivity index (χ3v) is 4.41. The van der Waals surface area contributed by atoms with E-state index in [2.05, 4.69) is 36.1 Å². The molecule has 3 heterocycles. The highest BCUT2D eigenvalue weighted by Gasteiger charge is 2.16. The van der Waals surface area contributed by atoms with E-state index in [1.54, 1.807) is 17.6 Å². The molecule has 0 bridgehead atoms. The molecule has 4 nitrogen and oxygen atoms in total. The minimum Gasteiger partial charge on any atom is -0.461 e. The van der Waals surface area contributed by atoms with E-state index in [-0.39, 0.29) is 0 Å². The molecule has 0 aliphatic heterocycles. The highest BCUT2D eigenvalue weighted by molar-refractivity contribution is 7.18. The zero-order chi connectivity index (χ0) is 14.1. The van der Waals surface area contributed by atoms with Gasteiger partial charge in [0.2, 0.25) is 0 Å². The SMILES string of the molecule is CCCNc1nc(-c2ccco2)nc2sc(C)c(C)c12. The van der Waals surface area contributed by atoms with Crippen LogP contribution in [0.4, 0.5) is 5.82 Å². The van der Waals surface area contributed by atoms with Crippen molar-refractivity contribution < 1.29 is 4.42 Å². The summed E-state index contributed by atoms with van der Waals surface area (Å²) in [5.41, 5.74) is 1.26. The fourth-order valence-electron chi connectivity index (χ4n) is 2.14. The molecule has 0 saturated carbocycles. The van der Waals surface area contributed by atoms with Crippen LogP contribution in [-0.4, -0.2) is 16.5 Å². The van der Waals surface area contributed by atoms with Crippen LogP contribution in [0.2, 0.25) is 0 Å². The van der Waals surface area contributed by atoms with E-state index in [0.29, 0.717) is 11.6 Å². The van der Waals surface area contributed by atoms with Crippen LogP contribution in [-0.2, 0) is 0 Å². The lowest BCUT2D eigenvalue weighted by Crippen LogP contribution is -2.04. The first kappa shape index (κ1) is 13.1. The minimum atomic E-state index is 0.641. The molecular formula is C15H17N3OS. The van der Waals surface area contributed by atoms with E-state index < -0.39 is 0 Å². The zero-order valence-corrected chi connectivity index (χ0v) is 12.7. The molecule has 0 aromatic carbocycles. The van der Waals surface area contributed by atoms with Crippen molar-refractivity contribution in [1.82, 2.24) is 9.97 Å². The first-order valence-electron chi connectivity index (χ1n) is 6.76. The van der Waals surface area contributed by atoms with Crippen LogP contribution < -0.4 is 5.32 Å². The Hall–Kier alpha value is -1.88. The number of anilines is 1. The average molecular weight is 287 g/mol. The first-order chi connectivity index (χ1) is 9.70. The number of hydrogen-bond donors (Lipinski definition) is 1. The van der Waals surface area contributed by atoms with E-state index in [9.17, 15) is 0 Å². The van der Waals surface area contributed by atoms with E-state index in [0.717, 1.165) is 29.0 Å². The highest BCUT2D eigenvalue weighted by Crippen LogP contribution is 2.34. The predicted octanol–water partition coefficient (Wildman–Crippen LogP) is 4.39. The van der Waals surface area contributed by atoms with Crippen LogP contribution in [0.5, 0.6) is 0 Å². The van der Waals surface area contributed by atoms with Gasteiger partial charge in [-0.15, -0.1) is 11.3 Å². The van der Waals surface area contributed by atoms with Gasteiger partial charge in [0.15, 0.2) is 11.6 Å². The lowest BCUT2D eigenvalue weighted by Gasteiger charge is -2.07. The van der Waals surface area contributed by atoms with Gasteiger partial charge in [0.1, 0.15) is 10.6 Å². The summed E-state index contributed by atoms with van der Waals surface area (Å²) in [6, 6.07) is 3.74. The molecule has 0 unspecified atom stereocenters. The second kappa shape index (κ2) is 5.25. The van der Waals surface area contributed by atoms with Gasteiger partial charge in [-0.05, 0) is 38.0 Å². The van der Waals surface area contributed by atoms with Crippen molar-refractivity contribution in [1.29, 1.82) is 0 Å². The average Bonchev–Trinajstić information content (AvgIpc) is 3.06. The monoisotopic (exact) mass is 287 g/mol. The molecule has 3 aromatic heterocycles. The predicted molar refractivity (Wildman–Crippen MR) is 83.4 cm³/mol. The maximum absolute atomic E-state index is 5.42. The largest absolute Gasteiger partial charge is 0.461 e. The summed E-state index contributed by atoms with van der Waals surface area (Å²) in [4.78, 5) is 11.6. The van der Waals surface area contributed by atoms with Gasteiger partial charge in [0.25, 0.3) is 0 Å². The number of aryl methyl sites for hydroxylation is 2. The van der Waals surface area contributed by atoms with Crippen molar-refractivity contribution >= 4 is 27.4 Å². The second-order valence-electron chi connectivity index (χ2n) is 4.76. The van der Waals surface area contributed by atoms with Crippen molar-refractivity contribution in [2.24, 2.45) is 0 Å². The van der Waals surface area contributed by atoms with E-state index in [4.69, 9.17) is 4.42 Å². The van der Waals surface area contributed by atoms with Gasteiger partial charge < -0.3 is 9.73 Å². The summed E-state index contributed by atoms with van der Waals surface area (Å²) in [5, 5.41) is 4.54. The van der Waals surface area contributed by atoms with Crippen molar-refractivity contribution in [2.45, 2.75) is 27.2 Å². The Morgan fingerprint density at radius 3 is 2.85 bits per heavy atom. The molecule has 1 N–H and O–H groups in total. The van der Waals surface area contributed by atoms with Crippen molar-refractivity contribution in [3.63, 3.8) is 0 Å². The standard InChI is InChI=1S/C15H17N3OS/c1-4-7-16-14-12-9(2)10(3)20-15(12)18-13(17-14)11-6-5-8-19-11/h5-6,8H,4,7H2,1-3H3,(H,16,17,18). The molecule has 0 fully saturated rings. The van der Waals surface area contributed by atoms with Crippen molar-refractivity contribution in [3.8, 4) is 11.6 Å². The van der Waals surface area contributed by atoms with Crippen LogP contribution >= 0.6 is 11.3 Å². The van der Waals surface area contributed by atoms with E-state index in [1.165, 1.54) is 10.4 Å². The molecule has 0 aliphatic rings. The Morgan fingerprint density at radius 1 is 1.30 bits per heavy atom. The summed E-state index contributed by atoms with van der Waals surface area (Å²) in [7, 11) is 0. The molecule has 3 aromatic rings. The molecular weight excluding hydrogens is 270 g/mol. The second-order valence-corrected chi connectivity index (χ2v) is 5.97. The van der Waals surface area contributed by atoms with Crippen LogP contribution in [0.3, 0.4) is 0 Å². The number of furan rings is 1. The number of rotatable bonds is 4. The quantitative estimate of drug-likeness (QED) is 0.773. The Labute approximate surface area is 121 Å². The fourth-order valence-corrected chi connectivity index (χ4v) is 3.17. The Morgan fingerprint density at radius 2 is 2.15 bits per heavy atom. The smallest absolute Gasteiger partial charge is 0.199 e. The summed E-state index contributed by atoms with van der Waals surface area (Å²) in [5.74, 6) is 2.25. The number of hydrogen-bond acceptors (Lipinski definition) is 5. The molecule has 0 atom stereocenters. The summed E-state index contributed by atoms with van der Waals surface area (Å²) < 4.78 is 5.42. The number of nitrogens with one attached hydrogen (secondary N) is 1. The summed E-state index contributed by atoms with van der Waals surface area (Å²) >= 11 is 1.71. The van der Waals surface area contributed by atoms with Gasteiger partial charge in [-0.1, -0.05) is 6.92 Å². The first-order valence-corrected chi connectivity index (χ1v) is 7.58. The molecule has 0 radical (unpaired) electrons. The lowest BCUT2D eigenvalue weighted by molar-refractivity contribution is 0.577. The number of thiophene rings is 1. The van der Waals surface area contributed by atoms with Gasteiger partial charge in [0, 0.05) is 11.4 Å². The van der Waals surface area contributed by atoms with Gasteiger partial charge in [-0.25, -0.2) is 9.97 Å². The van der Waals surface area contributed by atoms with Crippen LogP contribution in [0.15, 0.2) is 22.8 Å². The third kappa shape index (κ3) is 2.18. The van der Waals surface area contributed by atoms with Crippen molar-refractivity contribution in [3.05, 3.63) is 28.8 Å². The molecule has 0 amide bonds. The minimum absolute atomic E-state index is 0.641.